The number of likely N-dealkylation sites (N-methyl/N-ethyl adjacent to an activating group) is 2. The molecule has 7 nitrogen and oxygen atoms in total. The number of carbonyl (C=O) groups excluding carboxylic acids is 1. The lowest BCUT2D eigenvalue weighted by Crippen LogP contribution is -2.39. The Balaban J connectivity index is 2.07. The Hall–Kier alpha value is -1.96. The molecule has 0 aromatic rings. The van der Waals surface area contributed by atoms with Gasteiger partial charge in [0.05, 0.1) is 5.57 Å². The first kappa shape index (κ1) is 17.8. The first-order chi connectivity index (χ1) is 11.9. The van der Waals surface area contributed by atoms with Crippen LogP contribution in [0.4, 0.5) is 0 Å². The van der Waals surface area contributed by atoms with Gasteiger partial charge in [-0.3, -0.25) is 4.79 Å². The van der Waals surface area contributed by atoms with E-state index in [1.54, 1.807) is 7.05 Å². The monoisotopic (exact) mass is 368 g/mol. The van der Waals surface area contributed by atoms with Gasteiger partial charge in [-0.15, -0.1) is 0 Å². The van der Waals surface area contributed by atoms with E-state index in [2.05, 4.69) is 10.6 Å². The van der Waals surface area contributed by atoms with Crippen LogP contribution in [0.25, 0.3) is 0 Å². The van der Waals surface area contributed by atoms with Gasteiger partial charge in [0, 0.05) is 32.6 Å². The van der Waals surface area contributed by atoms with Crippen LogP contribution in [-0.2, 0) is 19.4 Å². The van der Waals surface area contributed by atoms with E-state index in [4.69, 9.17) is 4.74 Å². The van der Waals surface area contributed by atoms with Crippen molar-refractivity contribution in [2.45, 2.75) is 49.9 Å². The minimum absolute atomic E-state index is 0.194. The molecule has 2 saturated carbocycles. The van der Waals surface area contributed by atoms with Crippen molar-refractivity contribution in [2.24, 2.45) is 0 Å². The predicted molar refractivity (Wildman–Crippen MR) is 92.9 cm³/mol. The summed E-state index contributed by atoms with van der Waals surface area (Å²) in [6, 6.07) is 0. The summed E-state index contributed by atoms with van der Waals surface area (Å²) in [5, 5.41) is 15.7. The van der Waals surface area contributed by atoms with Crippen molar-refractivity contribution in [3.05, 3.63) is 33.8 Å². The minimum atomic E-state index is -3.88. The van der Waals surface area contributed by atoms with Gasteiger partial charge in [-0.05, 0) is 37.3 Å². The number of aliphatic hydroxyl groups is 1. The Labute approximate surface area is 147 Å². The van der Waals surface area contributed by atoms with E-state index in [1.807, 2.05) is 0 Å². The van der Waals surface area contributed by atoms with Crippen LogP contribution in [0.3, 0.4) is 0 Å². The molecule has 1 heterocycles. The molecule has 0 bridgehead atoms. The molecule has 1 spiro atoms. The second-order valence-corrected chi connectivity index (χ2v) is 8.80. The van der Waals surface area contributed by atoms with E-state index in [9.17, 15) is 18.3 Å². The van der Waals surface area contributed by atoms with Crippen LogP contribution in [-0.4, -0.2) is 38.5 Å². The summed E-state index contributed by atoms with van der Waals surface area (Å²) < 4.78 is 31.6. The van der Waals surface area contributed by atoms with E-state index < -0.39 is 26.6 Å². The van der Waals surface area contributed by atoms with Crippen molar-refractivity contribution in [3.63, 3.8) is 0 Å². The SMILES string of the molecule is CNC(=O)C(=CC1=C(O)OC2(CCCCC2)S1(=O)=O)C(NC)=C1CC1. The third kappa shape index (κ3) is 2.92. The molecule has 2 aliphatic carbocycles. The fourth-order valence-corrected chi connectivity index (χ4v) is 5.49. The Kier molecular flexibility index (Phi) is 4.57. The van der Waals surface area contributed by atoms with E-state index in [1.165, 1.54) is 13.1 Å². The average Bonchev–Trinajstić information content (AvgIpc) is 3.40. The van der Waals surface area contributed by atoms with Crippen LogP contribution in [0.2, 0.25) is 0 Å². The lowest BCUT2D eigenvalue weighted by Gasteiger charge is -2.31. The highest BCUT2D eigenvalue weighted by molar-refractivity contribution is 7.96. The molecule has 0 saturated heterocycles. The van der Waals surface area contributed by atoms with Crippen molar-refractivity contribution in [1.82, 2.24) is 10.6 Å². The molecule has 2 fully saturated rings. The van der Waals surface area contributed by atoms with Crippen molar-refractivity contribution in [1.29, 1.82) is 0 Å². The van der Waals surface area contributed by atoms with Crippen LogP contribution in [0.15, 0.2) is 33.8 Å². The van der Waals surface area contributed by atoms with E-state index in [0.29, 0.717) is 18.5 Å². The maximum Gasteiger partial charge on any atom is 0.297 e. The van der Waals surface area contributed by atoms with Gasteiger partial charge >= 0.3 is 0 Å². The fraction of sp³-hybridized carbons (Fsp3) is 0.588. The molecule has 3 aliphatic rings. The highest BCUT2D eigenvalue weighted by Gasteiger charge is 2.55. The van der Waals surface area contributed by atoms with Crippen LogP contribution in [0, 0.1) is 0 Å². The largest absolute Gasteiger partial charge is 0.480 e. The quantitative estimate of drug-likeness (QED) is 0.653. The Morgan fingerprint density at radius 3 is 2.32 bits per heavy atom. The highest BCUT2D eigenvalue weighted by atomic mass is 32.2. The summed E-state index contributed by atoms with van der Waals surface area (Å²) in [7, 11) is -0.711. The molecular weight excluding hydrogens is 344 g/mol. The van der Waals surface area contributed by atoms with Gasteiger partial charge in [-0.2, -0.15) is 0 Å². The molecule has 1 aliphatic heterocycles. The first-order valence-electron chi connectivity index (χ1n) is 8.57. The number of hydrogen-bond donors (Lipinski definition) is 3. The molecule has 0 radical (unpaired) electrons. The van der Waals surface area contributed by atoms with Crippen LogP contribution >= 0.6 is 0 Å². The number of hydrogen-bond acceptors (Lipinski definition) is 6. The molecule has 25 heavy (non-hydrogen) atoms. The van der Waals surface area contributed by atoms with E-state index in [-0.39, 0.29) is 10.5 Å². The summed E-state index contributed by atoms with van der Waals surface area (Å²) in [5.41, 5.74) is 1.86. The van der Waals surface area contributed by atoms with E-state index in [0.717, 1.165) is 37.7 Å². The lowest BCUT2D eigenvalue weighted by molar-refractivity contribution is -0.116. The van der Waals surface area contributed by atoms with Gasteiger partial charge in [0.25, 0.3) is 11.9 Å². The Morgan fingerprint density at radius 2 is 1.80 bits per heavy atom. The summed E-state index contributed by atoms with van der Waals surface area (Å²) in [4.78, 5) is 10.6. The number of aliphatic hydroxyl groups excluding tert-OH is 1. The molecule has 8 heteroatoms. The summed E-state index contributed by atoms with van der Waals surface area (Å²) in [6.45, 7) is 0. The van der Waals surface area contributed by atoms with Gasteiger partial charge in [0.2, 0.25) is 14.8 Å². The van der Waals surface area contributed by atoms with E-state index >= 15 is 0 Å². The zero-order chi connectivity index (χ0) is 18.2. The number of nitrogens with one attached hydrogen (secondary N) is 2. The zero-order valence-electron chi connectivity index (χ0n) is 14.5. The van der Waals surface area contributed by atoms with Gasteiger partial charge in [0.1, 0.15) is 0 Å². The third-order valence-electron chi connectivity index (χ3n) is 5.01. The molecule has 3 N–H and O–H groups in total. The zero-order valence-corrected chi connectivity index (χ0v) is 15.3. The summed E-state index contributed by atoms with van der Waals surface area (Å²) in [5.74, 6) is -1.02. The lowest BCUT2D eigenvalue weighted by atomic mass is 9.97. The van der Waals surface area contributed by atoms with Crippen molar-refractivity contribution in [2.75, 3.05) is 14.1 Å². The van der Waals surface area contributed by atoms with Crippen LogP contribution in [0.1, 0.15) is 44.9 Å². The molecule has 0 unspecified atom stereocenters. The van der Waals surface area contributed by atoms with Crippen molar-refractivity contribution >= 4 is 15.7 Å². The molecule has 0 atom stereocenters. The number of rotatable bonds is 4. The average molecular weight is 368 g/mol. The highest BCUT2D eigenvalue weighted by Crippen LogP contribution is 2.47. The maximum absolute atomic E-state index is 13.1. The van der Waals surface area contributed by atoms with Gasteiger partial charge in [-0.25, -0.2) is 8.42 Å². The molecule has 138 valence electrons. The summed E-state index contributed by atoms with van der Waals surface area (Å²) >= 11 is 0. The summed E-state index contributed by atoms with van der Waals surface area (Å²) in [6.07, 6.45) is 6.09. The van der Waals surface area contributed by atoms with Gasteiger partial charge < -0.3 is 20.5 Å². The normalized spacial score (nSPS) is 24.1. The topological polar surface area (TPSA) is 105 Å². The molecule has 1 amide bonds. The molecular formula is C17H24N2O5S. The number of amides is 1. The minimum Gasteiger partial charge on any atom is -0.480 e. The number of sulfone groups is 1. The Morgan fingerprint density at radius 1 is 1.16 bits per heavy atom. The second kappa shape index (κ2) is 6.40. The number of carbonyl (C=O) groups is 1. The molecule has 0 aromatic heterocycles. The smallest absolute Gasteiger partial charge is 0.297 e. The Bertz CT molecular complexity index is 780. The maximum atomic E-state index is 13.1. The number of allylic oxidation sites excluding steroid dienone is 2. The fourth-order valence-electron chi connectivity index (χ4n) is 3.53. The van der Waals surface area contributed by atoms with Crippen molar-refractivity contribution < 1.29 is 23.1 Å². The van der Waals surface area contributed by atoms with Crippen LogP contribution < -0.4 is 10.6 Å². The standard InChI is InChI=1S/C17H24N2O5S/c1-18-14(11-6-7-11)12(15(20)19-2)10-13-16(21)24-17(25(13,22)23)8-4-3-5-9-17/h10,18,21H,3-9H2,1-2H3,(H,19,20). The predicted octanol–water partition coefficient (Wildman–Crippen LogP) is 1.76. The first-order valence-corrected chi connectivity index (χ1v) is 10.1. The van der Waals surface area contributed by atoms with Gasteiger partial charge in [-0.1, -0.05) is 6.42 Å². The number of ether oxygens (including phenoxy) is 1. The van der Waals surface area contributed by atoms with Crippen molar-refractivity contribution in [3.8, 4) is 0 Å². The molecule has 0 aromatic carbocycles. The van der Waals surface area contributed by atoms with Gasteiger partial charge in [0.15, 0.2) is 4.91 Å². The third-order valence-corrected chi connectivity index (χ3v) is 7.35. The van der Waals surface area contributed by atoms with Crippen LogP contribution in [0.5, 0.6) is 0 Å². The second-order valence-electron chi connectivity index (χ2n) is 6.61. The molecule has 3 rings (SSSR count).